The average Bonchev–Trinajstić information content (AvgIpc) is 2.44. The topological polar surface area (TPSA) is 110 Å². The van der Waals surface area contributed by atoms with E-state index in [1.165, 1.54) is 25.1 Å². The van der Waals surface area contributed by atoms with Gasteiger partial charge in [-0.2, -0.15) is 0 Å². The number of carbonyl (C=O) groups is 2. The summed E-state index contributed by atoms with van der Waals surface area (Å²) in [7, 11) is 0. The molecule has 0 spiro atoms. The first-order chi connectivity index (χ1) is 9.86. The van der Waals surface area contributed by atoms with Crippen LogP contribution in [0.25, 0.3) is 0 Å². The van der Waals surface area contributed by atoms with Gasteiger partial charge in [0.15, 0.2) is 0 Å². The van der Waals surface area contributed by atoms with Crippen molar-refractivity contribution < 1.29 is 19.6 Å². The number of nitrogens with one attached hydrogen (secondary N) is 1. The zero-order chi connectivity index (χ0) is 16.0. The quantitative estimate of drug-likeness (QED) is 0.453. The Morgan fingerprint density at radius 2 is 2.14 bits per heavy atom. The largest absolute Gasteiger partial charge is 0.481 e. The normalized spacial score (nSPS) is 11.7. The number of carboxylic acids is 1. The van der Waals surface area contributed by atoms with Crippen LogP contribution in [0.4, 0.5) is 5.69 Å². The van der Waals surface area contributed by atoms with E-state index in [0.717, 1.165) is 11.8 Å². The minimum absolute atomic E-state index is 0.193. The van der Waals surface area contributed by atoms with Crippen LogP contribution in [0.3, 0.4) is 0 Å². The predicted octanol–water partition coefficient (Wildman–Crippen LogP) is 2.16. The molecule has 0 saturated heterocycles. The van der Waals surface area contributed by atoms with Gasteiger partial charge in [-0.1, -0.05) is 6.92 Å². The molecule has 0 saturated carbocycles. The smallest absolute Gasteiger partial charge is 0.307 e. The van der Waals surface area contributed by atoms with Gasteiger partial charge in [-0.3, -0.25) is 19.7 Å². The summed E-state index contributed by atoms with van der Waals surface area (Å²) in [6.45, 7) is 3.72. The second kappa shape index (κ2) is 7.63. The molecule has 1 aromatic carbocycles. The van der Waals surface area contributed by atoms with Gasteiger partial charge in [0.05, 0.1) is 15.7 Å². The maximum Gasteiger partial charge on any atom is 0.307 e. The molecule has 7 nitrogen and oxygen atoms in total. The average molecular weight is 312 g/mol. The molecule has 0 fully saturated rings. The van der Waals surface area contributed by atoms with E-state index in [-0.39, 0.29) is 22.9 Å². The Bertz CT molecular complexity index is 561. The van der Waals surface area contributed by atoms with E-state index in [9.17, 15) is 19.7 Å². The predicted molar refractivity (Wildman–Crippen MR) is 78.6 cm³/mol. The van der Waals surface area contributed by atoms with Gasteiger partial charge >= 0.3 is 5.97 Å². The highest BCUT2D eigenvalue weighted by molar-refractivity contribution is 7.99. The lowest BCUT2D eigenvalue weighted by molar-refractivity contribution is -0.387. The number of benzene rings is 1. The van der Waals surface area contributed by atoms with Crippen LogP contribution in [0, 0.1) is 16.0 Å². The van der Waals surface area contributed by atoms with Crippen LogP contribution in [0.1, 0.15) is 24.2 Å². The Kier molecular flexibility index (Phi) is 6.16. The Morgan fingerprint density at radius 3 is 2.67 bits per heavy atom. The van der Waals surface area contributed by atoms with E-state index >= 15 is 0 Å². The van der Waals surface area contributed by atoms with E-state index in [1.807, 2.05) is 0 Å². The molecule has 0 heterocycles. The van der Waals surface area contributed by atoms with Gasteiger partial charge in [-0.05, 0) is 19.1 Å². The highest BCUT2D eigenvalue weighted by Gasteiger charge is 2.19. The van der Waals surface area contributed by atoms with Crippen molar-refractivity contribution in [2.75, 3.05) is 12.3 Å². The molecule has 0 aromatic heterocycles. The van der Waals surface area contributed by atoms with Crippen LogP contribution >= 0.6 is 11.8 Å². The second-order valence-corrected chi connectivity index (χ2v) is 5.41. The maximum absolute atomic E-state index is 11.7. The number of nitro groups is 1. The number of hydrogen-bond donors (Lipinski definition) is 2. The van der Waals surface area contributed by atoms with Crippen LogP contribution in [0.15, 0.2) is 23.1 Å². The minimum atomic E-state index is -0.955. The molecular weight excluding hydrogens is 296 g/mol. The van der Waals surface area contributed by atoms with Crippen molar-refractivity contribution in [1.82, 2.24) is 5.32 Å². The van der Waals surface area contributed by atoms with Crippen LogP contribution in [-0.2, 0) is 4.79 Å². The Balaban J connectivity index is 2.97. The Morgan fingerprint density at radius 1 is 1.48 bits per heavy atom. The fraction of sp³-hybridized carbons (Fsp3) is 0.385. The van der Waals surface area contributed by atoms with Crippen LogP contribution in [-0.4, -0.2) is 34.2 Å². The fourth-order valence-electron chi connectivity index (χ4n) is 1.47. The summed E-state index contributed by atoms with van der Waals surface area (Å²) < 4.78 is 0. The van der Waals surface area contributed by atoms with Gasteiger partial charge in [0, 0.05) is 23.9 Å². The van der Waals surface area contributed by atoms with Gasteiger partial charge in [0.2, 0.25) is 0 Å². The number of rotatable bonds is 7. The maximum atomic E-state index is 11.7. The summed E-state index contributed by atoms with van der Waals surface area (Å²) in [5.74, 6) is -1.73. The molecule has 1 amide bonds. The standard InChI is InChI=1S/C13H16N2O5S/c1-3-14-12(16)9-4-5-11(10(6-9)15(19)20)21-7-8(2)13(17)18/h4-6,8H,3,7H2,1-2H3,(H,14,16)(H,17,18). The molecule has 0 aliphatic heterocycles. The Hall–Kier alpha value is -2.09. The summed E-state index contributed by atoms with van der Waals surface area (Å²) in [6, 6.07) is 4.17. The Labute approximate surface area is 125 Å². The van der Waals surface area contributed by atoms with Crippen LogP contribution in [0.2, 0.25) is 0 Å². The zero-order valence-corrected chi connectivity index (χ0v) is 12.5. The van der Waals surface area contributed by atoms with Gasteiger partial charge in [0.25, 0.3) is 11.6 Å². The molecule has 0 radical (unpaired) electrons. The van der Waals surface area contributed by atoms with Crippen LogP contribution < -0.4 is 5.32 Å². The lowest BCUT2D eigenvalue weighted by Crippen LogP contribution is -2.22. The monoisotopic (exact) mass is 312 g/mol. The van der Waals surface area contributed by atoms with Gasteiger partial charge in [-0.15, -0.1) is 11.8 Å². The first-order valence-electron chi connectivity index (χ1n) is 6.29. The van der Waals surface area contributed by atoms with E-state index in [2.05, 4.69) is 5.32 Å². The van der Waals surface area contributed by atoms with E-state index in [0.29, 0.717) is 11.4 Å². The zero-order valence-electron chi connectivity index (χ0n) is 11.7. The third-order valence-electron chi connectivity index (χ3n) is 2.67. The van der Waals surface area contributed by atoms with Crippen molar-refractivity contribution >= 4 is 29.3 Å². The summed E-state index contributed by atoms with van der Waals surface area (Å²) in [4.78, 5) is 33.3. The van der Waals surface area contributed by atoms with E-state index in [4.69, 9.17) is 5.11 Å². The highest BCUT2D eigenvalue weighted by atomic mass is 32.2. The molecule has 114 valence electrons. The number of thioether (sulfide) groups is 1. The lowest BCUT2D eigenvalue weighted by atomic mass is 10.2. The van der Waals surface area contributed by atoms with Crippen molar-refractivity contribution in [3.63, 3.8) is 0 Å². The van der Waals surface area contributed by atoms with Gasteiger partial charge < -0.3 is 10.4 Å². The number of carbonyl (C=O) groups excluding carboxylic acids is 1. The SMILES string of the molecule is CCNC(=O)c1ccc(SCC(C)C(=O)O)c([N+](=O)[O-])c1. The summed E-state index contributed by atoms with van der Waals surface area (Å²) in [6.07, 6.45) is 0. The number of aliphatic carboxylic acids is 1. The number of carboxylic acid groups (broad SMARTS) is 1. The van der Waals surface area contributed by atoms with Crippen LogP contribution in [0.5, 0.6) is 0 Å². The number of hydrogen-bond acceptors (Lipinski definition) is 5. The lowest BCUT2D eigenvalue weighted by Gasteiger charge is -2.08. The molecule has 2 N–H and O–H groups in total. The summed E-state index contributed by atoms with van der Waals surface area (Å²) in [5, 5.41) is 22.5. The minimum Gasteiger partial charge on any atom is -0.481 e. The van der Waals surface area contributed by atoms with Gasteiger partial charge in [0.1, 0.15) is 0 Å². The molecule has 8 heteroatoms. The third-order valence-corrected chi connectivity index (χ3v) is 3.99. The molecule has 1 atom stereocenters. The second-order valence-electron chi connectivity index (χ2n) is 4.35. The van der Waals surface area contributed by atoms with Crippen molar-refractivity contribution in [2.24, 2.45) is 5.92 Å². The molecule has 0 aliphatic rings. The fourth-order valence-corrected chi connectivity index (χ4v) is 2.49. The van der Waals surface area contributed by atoms with Crippen molar-refractivity contribution in [3.8, 4) is 0 Å². The first-order valence-corrected chi connectivity index (χ1v) is 7.27. The molecule has 0 bridgehead atoms. The van der Waals surface area contributed by atoms with Crippen molar-refractivity contribution in [3.05, 3.63) is 33.9 Å². The number of nitro benzene ring substituents is 1. The molecule has 1 rings (SSSR count). The van der Waals surface area contributed by atoms with E-state index in [1.54, 1.807) is 6.92 Å². The summed E-state index contributed by atoms with van der Waals surface area (Å²) in [5.41, 5.74) is 0.0144. The molecule has 0 aliphatic carbocycles. The number of amides is 1. The van der Waals surface area contributed by atoms with Crippen molar-refractivity contribution in [2.45, 2.75) is 18.7 Å². The highest BCUT2D eigenvalue weighted by Crippen LogP contribution is 2.31. The first kappa shape index (κ1) is 17.0. The molecule has 21 heavy (non-hydrogen) atoms. The third kappa shape index (κ3) is 4.75. The number of nitrogens with zero attached hydrogens (tertiary/aromatic N) is 1. The molecular formula is C13H16N2O5S. The van der Waals surface area contributed by atoms with Crippen molar-refractivity contribution in [1.29, 1.82) is 0 Å². The molecule has 1 aromatic rings. The van der Waals surface area contributed by atoms with E-state index < -0.39 is 16.8 Å². The molecule has 1 unspecified atom stereocenters. The summed E-state index contributed by atoms with van der Waals surface area (Å²) >= 11 is 1.09. The van der Waals surface area contributed by atoms with Gasteiger partial charge in [-0.25, -0.2) is 0 Å².